The molecule has 0 spiro atoms. The Morgan fingerprint density at radius 3 is 2.58 bits per heavy atom. The zero-order valence-electron chi connectivity index (χ0n) is 15.4. The van der Waals surface area contributed by atoms with Crippen LogP contribution in [-0.4, -0.2) is 31.1 Å². The first kappa shape index (κ1) is 20.5. The second-order valence-corrected chi connectivity index (χ2v) is 7.51. The summed E-state index contributed by atoms with van der Waals surface area (Å²) < 4.78 is 5.29. The van der Waals surface area contributed by atoms with Gasteiger partial charge in [0.15, 0.2) is 5.96 Å². The monoisotopic (exact) mass is 353 g/mol. The van der Waals surface area contributed by atoms with Gasteiger partial charge >= 0.3 is 5.97 Å². The fourth-order valence-corrected chi connectivity index (χ4v) is 2.82. The summed E-state index contributed by atoms with van der Waals surface area (Å²) >= 11 is 1.70. The molecule has 0 aliphatic rings. The number of nitrogens with one attached hydrogen (secondary N) is 2. The second kappa shape index (κ2) is 11.1. The number of hydrogen-bond acceptors (Lipinski definition) is 4. The van der Waals surface area contributed by atoms with Crippen molar-refractivity contribution in [3.63, 3.8) is 0 Å². The Bertz CT molecular complexity index is 493. The van der Waals surface area contributed by atoms with E-state index < -0.39 is 0 Å². The Hall–Kier alpha value is -1.56. The highest BCUT2D eigenvalue weighted by molar-refractivity contribution is 7.07. The van der Waals surface area contributed by atoms with Crippen molar-refractivity contribution in [2.75, 3.05) is 13.6 Å². The van der Waals surface area contributed by atoms with E-state index in [2.05, 4.69) is 32.5 Å². The number of carbonyl (C=O) groups excluding carboxylic acids is 1. The molecular formula is C18H31N3O2S. The van der Waals surface area contributed by atoms with E-state index in [0.717, 1.165) is 44.7 Å². The average Bonchev–Trinajstić information content (AvgIpc) is 3.00. The zero-order valence-corrected chi connectivity index (χ0v) is 16.2. The maximum Gasteiger partial charge on any atom is 0.306 e. The van der Waals surface area contributed by atoms with Crippen LogP contribution in [0.4, 0.5) is 0 Å². The largest absolute Gasteiger partial charge is 0.460 e. The van der Waals surface area contributed by atoms with E-state index in [0.29, 0.717) is 6.42 Å². The van der Waals surface area contributed by atoms with Crippen molar-refractivity contribution >= 4 is 23.3 Å². The van der Waals surface area contributed by atoms with Crippen LogP contribution in [0.5, 0.6) is 0 Å². The van der Waals surface area contributed by atoms with Gasteiger partial charge in [-0.1, -0.05) is 12.8 Å². The van der Waals surface area contributed by atoms with Gasteiger partial charge in [-0.15, -0.1) is 0 Å². The number of esters is 1. The fourth-order valence-electron chi connectivity index (χ4n) is 2.15. The van der Waals surface area contributed by atoms with Gasteiger partial charge in [-0.2, -0.15) is 11.3 Å². The molecule has 24 heavy (non-hydrogen) atoms. The van der Waals surface area contributed by atoms with Crippen molar-refractivity contribution in [2.24, 2.45) is 4.99 Å². The lowest BCUT2D eigenvalue weighted by atomic mass is 10.1. The number of rotatable bonds is 9. The van der Waals surface area contributed by atoms with Gasteiger partial charge in [-0.25, -0.2) is 0 Å². The van der Waals surface area contributed by atoms with Gasteiger partial charge in [0.25, 0.3) is 0 Å². The van der Waals surface area contributed by atoms with E-state index in [1.54, 1.807) is 18.4 Å². The van der Waals surface area contributed by atoms with Crippen LogP contribution in [0.2, 0.25) is 0 Å². The number of carbonyl (C=O) groups is 1. The van der Waals surface area contributed by atoms with Gasteiger partial charge in [0.1, 0.15) is 5.60 Å². The number of hydrogen-bond donors (Lipinski definition) is 2. The van der Waals surface area contributed by atoms with E-state index in [1.807, 2.05) is 20.8 Å². The van der Waals surface area contributed by atoms with Crippen molar-refractivity contribution in [1.29, 1.82) is 0 Å². The first-order chi connectivity index (χ1) is 11.4. The van der Waals surface area contributed by atoms with Gasteiger partial charge < -0.3 is 15.4 Å². The number of thiophene rings is 1. The Labute approximate surface area is 149 Å². The van der Waals surface area contributed by atoms with Gasteiger partial charge in [-0.05, 0) is 56.0 Å². The highest BCUT2D eigenvalue weighted by Gasteiger charge is 2.15. The zero-order chi connectivity index (χ0) is 17.8. The summed E-state index contributed by atoms with van der Waals surface area (Å²) in [7, 11) is 1.78. The average molecular weight is 354 g/mol. The lowest BCUT2D eigenvalue weighted by Gasteiger charge is -2.19. The standard InChI is InChI=1S/C18H31N3O2S/c1-18(2,3)23-16(22)9-7-5-6-8-11-20-17(19-4)21-13-15-10-12-24-14-15/h10,12,14H,5-9,11,13H2,1-4H3,(H2,19,20,21). The summed E-state index contributed by atoms with van der Waals surface area (Å²) in [6.07, 6.45) is 4.60. The molecule has 1 aromatic rings. The molecule has 0 aliphatic carbocycles. The summed E-state index contributed by atoms with van der Waals surface area (Å²) in [6.45, 7) is 7.37. The molecule has 0 atom stereocenters. The van der Waals surface area contributed by atoms with Gasteiger partial charge in [0.05, 0.1) is 0 Å². The molecule has 0 saturated heterocycles. The second-order valence-electron chi connectivity index (χ2n) is 6.73. The molecule has 0 fully saturated rings. The van der Waals surface area contributed by atoms with E-state index in [-0.39, 0.29) is 11.6 Å². The van der Waals surface area contributed by atoms with Crippen LogP contribution in [-0.2, 0) is 16.1 Å². The molecule has 0 amide bonds. The number of nitrogens with zero attached hydrogens (tertiary/aromatic N) is 1. The van der Waals surface area contributed by atoms with Crippen LogP contribution in [0.15, 0.2) is 21.8 Å². The van der Waals surface area contributed by atoms with E-state index in [1.165, 1.54) is 5.56 Å². The SMILES string of the molecule is CN=C(NCCCCCCC(=O)OC(C)(C)C)NCc1ccsc1. The van der Waals surface area contributed by atoms with Crippen molar-refractivity contribution in [3.8, 4) is 0 Å². The van der Waals surface area contributed by atoms with E-state index in [4.69, 9.17) is 4.74 Å². The van der Waals surface area contributed by atoms with E-state index >= 15 is 0 Å². The molecule has 0 unspecified atom stereocenters. The number of aliphatic imine (C=N–C) groups is 1. The normalized spacial score (nSPS) is 12.1. The summed E-state index contributed by atoms with van der Waals surface area (Å²) in [4.78, 5) is 15.8. The molecule has 6 heteroatoms. The number of guanidine groups is 1. The summed E-state index contributed by atoms with van der Waals surface area (Å²) in [5.41, 5.74) is 0.887. The van der Waals surface area contributed by atoms with Gasteiger partial charge in [0.2, 0.25) is 0 Å². The molecule has 1 aromatic heterocycles. The molecule has 0 radical (unpaired) electrons. The molecule has 136 valence electrons. The minimum atomic E-state index is -0.382. The van der Waals surface area contributed by atoms with Crippen LogP contribution in [0.25, 0.3) is 0 Å². The maximum absolute atomic E-state index is 11.6. The third-order valence-electron chi connectivity index (χ3n) is 3.28. The van der Waals surface area contributed by atoms with Crippen LogP contribution in [0, 0.1) is 0 Å². The molecule has 1 heterocycles. The lowest BCUT2D eigenvalue weighted by molar-refractivity contribution is -0.154. The molecule has 0 bridgehead atoms. The third kappa shape index (κ3) is 10.3. The number of unbranched alkanes of at least 4 members (excludes halogenated alkanes) is 3. The predicted octanol–water partition coefficient (Wildman–Crippen LogP) is 3.71. The molecule has 0 saturated carbocycles. The predicted molar refractivity (Wildman–Crippen MR) is 101 cm³/mol. The Balaban J connectivity index is 2.01. The van der Waals surface area contributed by atoms with Crippen LogP contribution >= 0.6 is 11.3 Å². The van der Waals surface area contributed by atoms with Gasteiger partial charge in [0, 0.05) is 26.6 Å². The molecule has 1 rings (SSSR count). The number of ether oxygens (including phenoxy) is 1. The Kier molecular flexibility index (Phi) is 9.45. The highest BCUT2D eigenvalue weighted by atomic mass is 32.1. The van der Waals surface area contributed by atoms with Crippen LogP contribution < -0.4 is 10.6 Å². The third-order valence-corrected chi connectivity index (χ3v) is 4.02. The Morgan fingerprint density at radius 2 is 1.96 bits per heavy atom. The highest BCUT2D eigenvalue weighted by Crippen LogP contribution is 2.11. The Morgan fingerprint density at radius 1 is 1.21 bits per heavy atom. The molecule has 5 nitrogen and oxygen atoms in total. The molecular weight excluding hydrogens is 322 g/mol. The lowest BCUT2D eigenvalue weighted by Crippen LogP contribution is -2.37. The first-order valence-electron chi connectivity index (χ1n) is 8.58. The molecule has 0 aromatic carbocycles. The summed E-state index contributed by atoms with van der Waals surface area (Å²) in [5, 5.41) is 10.8. The van der Waals surface area contributed by atoms with Crippen molar-refractivity contribution in [1.82, 2.24) is 10.6 Å². The van der Waals surface area contributed by atoms with E-state index in [9.17, 15) is 4.79 Å². The maximum atomic E-state index is 11.6. The van der Waals surface area contributed by atoms with Crippen LogP contribution in [0.1, 0.15) is 58.4 Å². The van der Waals surface area contributed by atoms with Crippen molar-refractivity contribution < 1.29 is 9.53 Å². The summed E-state index contributed by atoms with van der Waals surface area (Å²) in [5.74, 6) is 0.730. The smallest absolute Gasteiger partial charge is 0.306 e. The molecule has 0 aliphatic heterocycles. The van der Waals surface area contributed by atoms with Gasteiger partial charge in [-0.3, -0.25) is 9.79 Å². The van der Waals surface area contributed by atoms with Crippen molar-refractivity contribution in [2.45, 2.75) is 65.0 Å². The fraction of sp³-hybridized carbons (Fsp3) is 0.667. The first-order valence-corrected chi connectivity index (χ1v) is 9.52. The quantitative estimate of drug-likeness (QED) is 0.307. The van der Waals surface area contributed by atoms with Crippen molar-refractivity contribution in [3.05, 3.63) is 22.4 Å². The van der Waals surface area contributed by atoms with Crippen LogP contribution in [0.3, 0.4) is 0 Å². The topological polar surface area (TPSA) is 62.7 Å². The minimum absolute atomic E-state index is 0.0985. The minimum Gasteiger partial charge on any atom is -0.460 e. The summed E-state index contributed by atoms with van der Waals surface area (Å²) in [6, 6.07) is 2.11. The molecule has 2 N–H and O–H groups in total.